The Bertz CT molecular complexity index is 374. The summed E-state index contributed by atoms with van der Waals surface area (Å²) in [4.78, 5) is 12.9. The summed E-state index contributed by atoms with van der Waals surface area (Å²) < 4.78 is 1.11. The maximum absolute atomic E-state index is 11.6. The molecule has 1 saturated carbocycles. The summed E-state index contributed by atoms with van der Waals surface area (Å²) in [7, 11) is 0. The van der Waals surface area contributed by atoms with Crippen LogP contribution < -0.4 is 10.6 Å². The van der Waals surface area contributed by atoms with Gasteiger partial charge in [0.05, 0.1) is 6.54 Å². The van der Waals surface area contributed by atoms with Crippen molar-refractivity contribution >= 4 is 33.2 Å². The van der Waals surface area contributed by atoms with Crippen molar-refractivity contribution in [2.45, 2.75) is 38.3 Å². The molecule has 1 fully saturated rings. The fourth-order valence-electron chi connectivity index (χ4n) is 2.09. The molecular formula is C12H17BrN2OS. The van der Waals surface area contributed by atoms with Gasteiger partial charge in [0, 0.05) is 27.3 Å². The molecule has 0 atom stereocenters. The summed E-state index contributed by atoms with van der Waals surface area (Å²) in [5, 5.41) is 8.28. The zero-order chi connectivity index (χ0) is 12.1. The highest BCUT2D eigenvalue weighted by atomic mass is 79.9. The van der Waals surface area contributed by atoms with Crippen LogP contribution in [0.15, 0.2) is 15.9 Å². The van der Waals surface area contributed by atoms with Gasteiger partial charge in [-0.3, -0.25) is 4.79 Å². The fourth-order valence-corrected chi connectivity index (χ4v) is 3.52. The van der Waals surface area contributed by atoms with E-state index in [-0.39, 0.29) is 5.91 Å². The molecular weight excluding hydrogens is 300 g/mol. The first-order valence-corrected chi connectivity index (χ1v) is 7.64. The van der Waals surface area contributed by atoms with Crippen LogP contribution >= 0.6 is 27.3 Å². The Morgan fingerprint density at radius 2 is 2.24 bits per heavy atom. The van der Waals surface area contributed by atoms with Gasteiger partial charge in [0.1, 0.15) is 0 Å². The van der Waals surface area contributed by atoms with Crippen LogP contribution in [0.4, 0.5) is 0 Å². The van der Waals surface area contributed by atoms with E-state index in [0.29, 0.717) is 12.6 Å². The van der Waals surface area contributed by atoms with Crippen molar-refractivity contribution in [3.63, 3.8) is 0 Å². The summed E-state index contributed by atoms with van der Waals surface area (Å²) in [6, 6.07) is 2.49. The van der Waals surface area contributed by atoms with E-state index in [1.54, 1.807) is 11.3 Å². The number of thiophene rings is 1. The van der Waals surface area contributed by atoms with E-state index in [0.717, 1.165) is 23.9 Å². The van der Waals surface area contributed by atoms with E-state index < -0.39 is 0 Å². The molecule has 1 aliphatic carbocycles. The molecule has 2 rings (SSSR count). The molecule has 0 aromatic carbocycles. The van der Waals surface area contributed by atoms with Gasteiger partial charge in [-0.05, 0) is 34.8 Å². The fraction of sp³-hybridized carbons (Fsp3) is 0.583. The van der Waals surface area contributed by atoms with E-state index >= 15 is 0 Å². The lowest BCUT2D eigenvalue weighted by molar-refractivity contribution is -0.120. The lowest BCUT2D eigenvalue weighted by atomic mass is 10.2. The molecule has 0 radical (unpaired) electrons. The highest BCUT2D eigenvalue weighted by Crippen LogP contribution is 2.19. The zero-order valence-electron chi connectivity index (χ0n) is 9.67. The Morgan fingerprint density at radius 3 is 2.88 bits per heavy atom. The topological polar surface area (TPSA) is 41.1 Å². The summed E-state index contributed by atoms with van der Waals surface area (Å²) in [6.45, 7) is 1.17. The Morgan fingerprint density at radius 1 is 1.47 bits per heavy atom. The Hall–Kier alpha value is -0.390. The zero-order valence-corrected chi connectivity index (χ0v) is 12.1. The minimum atomic E-state index is 0.118. The number of rotatable bonds is 5. The van der Waals surface area contributed by atoms with Crippen LogP contribution in [-0.2, 0) is 11.3 Å². The van der Waals surface area contributed by atoms with E-state index in [9.17, 15) is 4.79 Å². The predicted molar refractivity (Wildman–Crippen MR) is 74.1 cm³/mol. The standard InChI is InChI=1S/C12H17BrN2OS/c13-9-5-11(17-8-9)6-14-7-12(16)15-10-3-1-2-4-10/h5,8,10,14H,1-4,6-7H2,(H,15,16). The molecule has 0 bridgehead atoms. The van der Waals surface area contributed by atoms with Gasteiger partial charge < -0.3 is 10.6 Å². The van der Waals surface area contributed by atoms with Gasteiger partial charge in [0.15, 0.2) is 0 Å². The highest BCUT2D eigenvalue weighted by Gasteiger charge is 2.16. The first kappa shape index (κ1) is 13.1. The van der Waals surface area contributed by atoms with Crippen molar-refractivity contribution in [1.82, 2.24) is 10.6 Å². The first-order valence-electron chi connectivity index (χ1n) is 5.97. The van der Waals surface area contributed by atoms with Crippen molar-refractivity contribution in [2.24, 2.45) is 0 Å². The van der Waals surface area contributed by atoms with Gasteiger partial charge in [-0.2, -0.15) is 0 Å². The molecule has 17 heavy (non-hydrogen) atoms. The van der Waals surface area contributed by atoms with Crippen molar-refractivity contribution < 1.29 is 4.79 Å². The van der Waals surface area contributed by atoms with Crippen molar-refractivity contribution in [2.75, 3.05) is 6.54 Å². The molecule has 0 spiro atoms. The third-order valence-corrected chi connectivity index (χ3v) is 4.62. The normalized spacial score (nSPS) is 16.3. The quantitative estimate of drug-likeness (QED) is 0.877. The molecule has 1 aliphatic rings. The maximum Gasteiger partial charge on any atom is 0.234 e. The molecule has 1 aromatic heterocycles. The van der Waals surface area contributed by atoms with Crippen molar-refractivity contribution in [1.29, 1.82) is 0 Å². The lowest BCUT2D eigenvalue weighted by Gasteiger charge is -2.11. The minimum absolute atomic E-state index is 0.118. The molecule has 3 nitrogen and oxygen atoms in total. The largest absolute Gasteiger partial charge is 0.352 e. The number of hydrogen-bond acceptors (Lipinski definition) is 3. The molecule has 1 heterocycles. The van der Waals surface area contributed by atoms with Crippen LogP contribution in [0.5, 0.6) is 0 Å². The van der Waals surface area contributed by atoms with Gasteiger partial charge >= 0.3 is 0 Å². The summed E-state index contributed by atoms with van der Waals surface area (Å²) in [5.41, 5.74) is 0. The van der Waals surface area contributed by atoms with Crippen LogP contribution in [0, 0.1) is 0 Å². The second-order valence-electron chi connectivity index (χ2n) is 4.38. The Balaban J connectivity index is 1.62. The van der Waals surface area contributed by atoms with Crippen LogP contribution in [0.1, 0.15) is 30.6 Å². The predicted octanol–water partition coefficient (Wildman–Crippen LogP) is 2.66. The van der Waals surface area contributed by atoms with Gasteiger partial charge in [0.2, 0.25) is 5.91 Å². The summed E-state index contributed by atoms with van der Waals surface area (Å²) in [5.74, 6) is 0.118. The highest BCUT2D eigenvalue weighted by molar-refractivity contribution is 9.10. The third-order valence-electron chi connectivity index (χ3n) is 2.93. The third kappa shape index (κ3) is 4.41. The van der Waals surface area contributed by atoms with Crippen molar-refractivity contribution in [3.8, 4) is 0 Å². The SMILES string of the molecule is O=C(CNCc1cc(Br)cs1)NC1CCCC1. The first-order chi connectivity index (χ1) is 8.24. The summed E-state index contributed by atoms with van der Waals surface area (Å²) >= 11 is 5.11. The van der Waals surface area contributed by atoms with E-state index in [4.69, 9.17) is 0 Å². The average molecular weight is 317 g/mol. The molecule has 0 unspecified atom stereocenters. The molecule has 0 aliphatic heterocycles. The Labute approximate surface area is 114 Å². The smallest absolute Gasteiger partial charge is 0.234 e. The average Bonchev–Trinajstić information content (AvgIpc) is 2.90. The van der Waals surface area contributed by atoms with Crippen LogP contribution in [-0.4, -0.2) is 18.5 Å². The van der Waals surface area contributed by atoms with E-state index in [1.165, 1.54) is 17.7 Å². The number of carbonyl (C=O) groups is 1. The molecule has 5 heteroatoms. The number of hydrogen-bond donors (Lipinski definition) is 2. The number of halogens is 1. The monoisotopic (exact) mass is 316 g/mol. The lowest BCUT2D eigenvalue weighted by Crippen LogP contribution is -2.38. The molecule has 1 aromatic rings. The molecule has 2 N–H and O–H groups in total. The van der Waals surface area contributed by atoms with Gasteiger partial charge in [-0.15, -0.1) is 11.3 Å². The van der Waals surface area contributed by atoms with E-state index in [2.05, 4.69) is 38.0 Å². The van der Waals surface area contributed by atoms with Gasteiger partial charge in [-0.1, -0.05) is 12.8 Å². The summed E-state index contributed by atoms with van der Waals surface area (Å²) in [6.07, 6.45) is 4.79. The number of nitrogens with one attached hydrogen (secondary N) is 2. The van der Waals surface area contributed by atoms with Crippen LogP contribution in [0.2, 0.25) is 0 Å². The number of amides is 1. The van der Waals surface area contributed by atoms with Gasteiger partial charge in [-0.25, -0.2) is 0 Å². The van der Waals surface area contributed by atoms with Crippen LogP contribution in [0.3, 0.4) is 0 Å². The second kappa shape index (κ2) is 6.52. The van der Waals surface area contributed by atoms with E-state index in [1.807, 2.05) is 0 Å². The minimum Gasteiger partial charge on any atom is -0.352 e. The number of carbonyl (C=O) groups excluding carboxylic acids is 1. The molecule has 0 saturated heterocycles. The van der Waals surface area contributed by atoms with Gasteiger partial charge in [0.25, 0.3) is 0 Å². The second-order valence-corrected chi connectivity index (χ2v) is 6.30. The van der Waals surface area contributed by atoms with Crippen molar-refractivity contribution in [3.05, 3.63) is 20.8 Å². The molecule has 94 valence electrons. The van der Waals surface area contributed by atoms with Crippen LogP contribution in [0.25, 0.3) is 0 Å². The molecule has 1 amide bonds. The maximum atomic E-state index is 11.6. The Kier molecular flexibility index (Phi) is 5.00.